The van der Waals surface area contributed by atoms with Crippen LogP contribution in [0, 0.1) is 6.92 Å². The smallest absolute Gasteiger partial charge is 0.387 e. The fourth-order valence-electron chi connectivity index (χ4n) is 3.03. The Morgan fingerprint density at radius 1 is 0.906 bits per heavy atom. The number of carbonyl (C=O) groups is 2. The third-order valence-electron chi connectivity index (χ3n) is 4.64. The molecular formula is C24H22F2N2O4. The number of anilines is 1. The van der Waals surface area contributed by atoms with Crippen molar-refractivity contribution in [3.8, 4) is 11.5 Å². The zero-order valence-electron chi connectivity index (χ0n) is 17.5. The SMILES string of the molecule is COc1cccc(C(=O)Nc2ccccc2C(=O)NCc2ccc(C)cc2)c1OC(F)F. The van der Waals surface area contributed by atoms with Gasteiger partial charge in [-0.3, -0.25) is 9.59 Å². The molecule has 0 aromatic heterocycles. The van der Waals surface area contributed by atoms with Gasteiger partial charge in [0.2, 0.25) is 0 Å². The van der Waals surface area contributed by atoms with Crippen LogP contribution in [0.2, 0.25) is 0 Å². The maximum atomic E-state index is 12.9. The third-order valence-corrected chi connectivity index (χ3v) is 4.64. The van der Waals surface area contributed by atoms with Crippen LogP contribution in [0.25, 0.3) is 0 Å². The quantitative estimate of drug-likeness (QED) is 0.528. The van der Waals surface area contributed by atoms with Crippen LogP contribution in [0.15, 0.2) is 66.7 Å². The Balaban J connectivity index is 1.79. The van der Waals surface area contributed by atoms with E-state index in [1.165, 1.54) is 25.3 Å². The van der Waals surface area contributed by atoms with Gasteiger partial charge in [-0.15, -0.1) is 0 Å². The van der Waals surface area contributed by atoms with Gasteiger partial charge >= 0.3 is 6.61 Å². The van der Waals surface area contributed by atoms with E-state index in [2.05, 4.69) is 15.4 Å². The van der Waals surface area contributed by atoms with Crippen molar-refractivity contribution >= 4 is 17.5 Å². The van der Waals surface area contributed by atoms with Gasteiger partial charge < -0.3 is 20.1 Å². The van der Waals surface area contributed by atoms with Gasteiger partial charge in [-0.1, -0.05) is 48.0 Å². The van der Waals surface area contributed by atoms with Gasteiger partial charge in [-0.25, -0.2) is 0 Å². The standard InChI is InChI=1S/C24H22F2N2O4/c1-15-10-12-16(13-11-15)14-27-22(29)17-6-3-4-8-19(17)28-23(30)18-7-5-9-20(31-2)21(18)32-24(25)26/h3-13,24H,14H2,1-2H3,(H,27,29)(H,28,30). The second kappa shape index (κ2) is 10.4. The number of rotatable bonds is 8. The molecule has 6 nitrogen and oxygen atoms in total. The van der Waals surface area contributed by atoms with E-state index in [1.807, 2.05) is 31.2 Å². The summed E-state index contributed by atoms with van der Waals surface area (Å²) in [6, 6.07) is 18.3. The van der Waals surface area contributed by atoms with Gasteiger partial charge in [0.05, 0.1) is 23.9 Å². The second-order valence-corrected chi connectivity index (χ2v) is 6.88. The van der Waals surface area contributed by atoms with Gasteiger partial charge in [0, 0.05) is 6.54 Å². The summed E-state index contributed by atoms with van der Waals surface area (Å²) >= 11 is 0. The molecule has 3 aromatic rings. The van der Waals surface area contributed by atoms with Crippen LogP contribution in [-0.4, -0.2) is 25.5 Å². The van der Waals surface area contributed by atoms with Crippen LogP contribution in [0.1, 0.15) is 31.8 Å². The molecule has 0 radical (unpaired) electrons. The van der Waals surface area contributed by atoms with Crippen molar-refractivity contribution in [2.75, 3.05) is 12.4 Å². The molecule has 32 heavy (non-hydrogen) atoms. The summed E-state index contributed by atoms with van der Waals surface area (Å²) in [6.45, 7) is -0.858. The predicted molar refractivity (Wildman–Crippen MR) is 116 cm³/mol. The highest BCUT2D eigenvalue weighted by molar-refractivity contribution is 6.10. The molecule has 2 amide bonds. The maximum absolute atomic E-state index is 12.9. The molecule has 0 saturated carbocycles. The lowest BCUT2D eigenvalue weighted by molar-refractivity contribution is -0.0515. The number of carbonyl (C=O) groups excluding carboxylic acids is 2. The molecule has 0 atom stereocenters. The zero-order chi connectivity index (χ0) is 23.1. The largest absolute Gasteiger partial charge is 0.493 e. The van der Waals surface area contributed by atoms with Crippen LogP contribution in [0.5, 0.6) is 11.5 Å². The molecule has 0 heterocycles. The summed E-state index contributed by atoms with van der Waals surface area (Å²) in [4.78, 5) is 25.6. The molecule has 8 heteroatoms. The van der Waals surface area contributed by atoms with Crippen LogP contribution in [0.3, 0.4) is 0 Å². The zero-order valence-corrected chi connectivity index (χ0v) is 17.5. The first kappa shape index (κ1) is 22.7. The number of ether oxygens (including phenoxy) is 2. The first-order valence-electron chi connectivity index (χ1n) is 9.75. The predicted octanol–water partition coefficient (Wildman–Crippen LogP) is 4.79. The molecule has 3 rings (SSSR count). The number of nitrogens with one attached hydrogen (secondary N) is 2. The minimum absolute atomic E-state index is 0.0120. The highest BCUT2D eigenvalue weighted by Gasteiger charge is 2.22. The Labute approximate surface area is 184 Å². The number of methoxy groups -OCH3 is 1. The molecule has 0 bridgehead atoms. The fraction of sp³-hybridized carbons (Fsp3) is 0.167. The number of hydrogen-bond donors (Lipinski definition) is 2. The topological polar surface area (TPSA) is 76.7 Å². The Hall–Kier alpha value is -3.94. The highest BCUT2D eigenvalue weighted by Crippen LogP contribution is 2.33. The third kappa shape index (κ3) is 5.60. The number of amides is 2. The molecule has 0 unspecified atom stereocenters. The summed E-state index contributed by atoms with van der Waals surface area (Å²) in [6.07, 6.45) is 0. The van der Waals surface area contributed by atoms with E-state index in [9.17, 15) is 18.4 Å². The van der Waals surface area contributed by atoms with Crippen LogP contribution in [-0.2, 0) is 6.54 Å². The van der Waals surface area contributed by atoms with Crippen molar-refractivity contribution in [3.63, 3.8) is 0 Å². The minimum atomic E-state index is -3.14. The number of aryl methyl sites for hydroxylation is 1. The van der Waals surface area contributed by atoms with E-state index in [-0.39, 0.29) is 28.3 Å². The lowest BCUT2D eigenvalue weighted by Gasteiger charge is -2.15. The summed E-state index contributed by atoms with van der Waals surface area (Å²) in [5.41, 5.74) is 2.34. The van der Waals surface area contributed by atoms with Gasteiger partial charge in [0.15, 0.2) is 11.5 Å². The van der Waals surface area contributed by atoms with Crippen LogP contribution >= 0.6 is 0 Å². The molecule has 0 saturated heterocycles. The molecule has 2 N–H and O–H groups in total. The van der Waals surface area contributed by atoms with Crippen molar-refractivity contribution in [2.24, 2.45) is 0 Å². The Morgan fingerprint density at radius 3 is 2.28 bits per heavy atom. The van der Waals surface area contributed by atoms with Crippen molar-refractivity contribution in [2.45, 2.75) is 20.1 Å². The maximum Gasteiger partial charge on any atom is 0.387 e. The number of hydrogen-bond acceptors (Lipinski definition) is 4. The Bertz CT molecular complexity index is 1100. The minimum Gasteiger partial charge on any atom is -0.493 e. The molecule has 0 aliphatic rings. The molecule has 0 spiro atoms. The summed E-state index contributed by atoms with van der Waals surface area (Å²) in [5, 5.41) is 5.41. The van der Waals surface area contributed by atoms with Crippen LogP contribution < -0.4 is 20.1 Å². The first-order chi connectivity index (χ1) is 15.4. The van der Waals surface area contributed by atoms with Crippen molar-refractivity contribution in [1.82, 2.24) is 5.32 Å². The summed E-state index contributed by atoms with van der Waals surface area (Å²) in [7, 11) is 1.28. The monoisotopic (exact) mass is 440 g/mol. The van der Waals surface area contributed by atoms with E-state index in [0.717, 1.165) is 11.1 Å². The van der Waals surface area contributed by atoms with Crippen molar-refractivity contribution in [3.05, 3.63) is 89.0 Å². The second-order valence-electron chi connectivity index (χ2n) is 6.88. The Kier molecular flexibility index (Phi) is 7.38. The molecule has 0 fully saturated rings. The molecular weight excluding hydrogens is 418 g/mol. The van der Waals surface area contributed by atoms with Gasteiger partial charge in [-0.2, -0.15) is 8.78 Å². The summed E-state index contributed by atoms with van der Waals surface area (Å²) in [5.74, 6) is -1.51. The fourth-order valence-corrected chi connectivity index (χ4v) is 3.03. The lowest BCUT2D eigenvalue weighted by Crippen LogP contribution is -2.25. The van der Waals surface area contributed by atoms with E-state index in [1.54, 1.807) is 24.3 Å². The van der Waals surface area contributed by atoms with Crippen molar-refractivity contribution in [1.29, 1.82) is 0 Å². The van der Waals surface area contributed by atoms with E-state index in [4.69, 9.17) is 4.74 Å². The average molecular weight is 440 g/mol. The molecule has 166 valence electrons. The van der Waals surface area contributed by atoms with Gasteiger partial charge in [0.1, 0.15) is 0 Å². The van der Waals surface area contributed by atoms with Crippen molar-refractivity contribution < 1.29 is 27.8 Å². The number of halogens is 2. The lowest BCUT2D eigenvalue weighted by atomic mass is 10.1. The van der Waals surface area contributed by atoms with E-state index in [0.29, 0.717) is 6.54 Å². The number of benzene rings is 3. The van der Waals surface area contributed by atoms with E-state index >= 15 is 0 Å². The molecule has 3 aromatic carbocycles. The molecule has 0 aliphatic carbocycles. The number of para-hydroxylation sites is 2. The Morgan fingerprint density at radius 2 is 1.59 bits per heavy atom. The summed E-state index contributed by atoms with van der Waals surface area (Å²) < 4.78 is 35.3. The number of alkyl halides is 2. The van der Waals surface area contributed by atoms with Crippen LogP contribution in [0.4, 0.5) is 14.5 Å². The normalized spacial score (nSPS) is 10.5. The van der Waals surface area contributed by atoms with E-state index < -0.39 is 18.4 Å². The van der Waals surface area contributed by atoms with Gasteiger partial charge in [0.25, 0.3) is 11.8 Å². The first-order valence-corrected chi connectivity index (χ1v) is 9.75. The average Bonchev–Trinajstić information content (AvgIpc) is 2.78. The highest BCUT2D eigenvalue weighted by atomic mass is 19.3. The van der Waals surface area contributed by atoms with Gasteiger partial charge in [-0.05, 0) is 36.8 Å². The molecule has 0 aliphatic heterocycles.